The van der Waals surface area contributed by atoms with E-state index in [0.717, 1.165) is 18.5 Å². The maximum absolute atomic E-state index is 12.6. The summed E-state index contributed by atoms with van der Waals surface area (Å²) in [7, 11) is 1.77. The standard InChI is InChI=1S/C14H21N3O3/c1-4-10-5-6-17(12(7-10)14(19)20)13(18)11-8-15-16(3)9(11)2/h8,10,12H,4-7H2,1-3H3,(H,19,20). The van der Waals surface area contributed by atoms with E-state index in [1.807, 2.05) is 6.92 Å². The number of amides is 1. The van der Waals surface area contributed by atoms with Crippen molar-refractivity contribution in [3.8, 4) is 0 Å². The first-order valence-corrected chi connectivity index (χ1v) is 6.98. The molecular weight excluding hydrogens is 258 g/mol. The maximum atomic E-state index is 12.6. The number of carbonyl (C=O) groups excluding carboxylic acids is 1. The minimum atomic E-state index is -0.918. The van der Waals surface area contributed by atoms with E-state index in [-0.39, 0.29) is 5.91 Å². The first kappa shape index (κ1) is 14.6. The van der Waals surface area contributed by atoms with Gasteiger partial charge in [-0.3, -0.25) is 9.48 Å². The van der Waals surface area contributed by atoms with Crippen LogP contribution >= 0.6 is 0 Å². The van der Waals surface area contributed by atoms with Gasteiger partial charge in [0, 0.05) is 19.3 Å². The van der Waals surface area contributed by atoms with E-state index < -0.39 is 12.0 Å². The van der Waals surface area contributed by atoms with Gasteiger partial charge in [-0.2, -0.15) is 5.10 Å². The molecule has 1 aliphatic rings. The average Bonchev–Trinajstić information content (AvgIpc) is 2.77. The molecule has 0 saturated carbocycles. The van der Waals surface area contributed by atoms with Gasteiger partial charge in [0.1, 0.15) is 6.04 Å². The molecule has 0 spiro atoms. The van der Waals surface area contributed by atoms with Crippen molar-refractivity contribution in [2.24, 2.45) is 13.0 Å². The van der Waals surface area contributed by atoms with Crippen molar-refractivity contribution in [1.29, 1.82) is 0 Å². The molecule has 0 aliphatic carbocycles. The maximum Gasteiger partial charge on any atom is 0.326 e. The first-order chi connectivity index (χ1) is 9.45. The number of likely N-dealkylation sites (tertiary alicyclic amines) is 1. The fourth-order valence-corrected chi connectivity index (χ4v) is 2.75. The zero-order chi connectivity index (χ0) is 14.9. The van der Waals surface area contributed by atoms with Crippen LogP contribution in [0.5, 0.6) is 0 Å². The Kier molecular flexibility index (Phi) is 4.11. The first-order valence-electron chi connectivity index (χ1n) is 6.98. The van der Waals surface area contributed by atoms with Gasteiger partial charge in [0.05, 0.1) is 11.8 Å². The van der Waals surface area contributed by atoms with Gasteiger partial charge in [-0.05, 0) is 25.7 Å². The van der Waals surface area contributed by atoms with E-state index in [0.29, 0.717) is 24.4 Å². The zero-order valence-electron chi connectivity index (χ0n) is 12.2. The highest BCUT2D eigenvalue weighted by atomic mass is 16.4. The lowest BCUT2D eigenvalue weighted by Gasteiger charge is -2.36. The van der Waals surface area contributed by atoms with Crippen LogP contribution in [0.2, 0.25) is 0 Å². The highest BCUT2D eigenvalue weighted by molar-refractivity contribution is 5.97. The molecule has 1 aliphatic heterocycles. The molecule has 1 fully saturated rings. The van der Waals surface area contributed by atoms with Gasteiger partial charge < -0.3 is 10.0 Å². The van der Waals surface area contributed by atoms with Crippen molar-refractivity contribution < 1.29 is 14.7 Å². The van der Waals surface area contributed by atoms with Crippen molar-refractivity contribution in [2.45, 2.75) is 39.2 Å². The molecule has 2 rings (SSSR count). The topological polar surface area (TPSA) is 75.4 Å². The minimum absolute atomic E-state index is 0.224. The number of nitrogens with zero attached hydrogens (tertiary/aromatic N) is 3. The van der Waals surface area contributed by atoms with Crippen LogP contribution in [0.15, 0.2) is 6.20 Å². The fourth-order valence-electron chi connectivity index (χ4n) is 2.75. The highest BCUT2D eigenvalue weighted by Gasteiger charge is 2.36. The van der Waals surface area contributed by atoms with E-state index >= 15 is 0 Å². The van der Waals surface area contributed by atoms with E-state index in [1.165, 1.54) is 11.1 Å². The zero-order valence-corrected chi connectivity index (χ0v) is 12.2. The summed E-state index contributed by atoms with van der Waals surface area (Å²) in [6.45, 7) is 4.38. The van der Waals surface area contributed by atoms with Crippen LogP contribution in [0.4, 0.5) is 0 Å². The fraction of sp³-hybridized carbons (Fsp3) is 0.643. The Morgan fingerprint density at radius 1 is 1.50 bits per heavy atom. The van der Waals surface area contributed by atoms with Crippen LogP contribution in [0, 0.1) is 12.8 Å². The lowest BCUT2D eigenvalue weighted by molar-refractivity contribution is -0.144. The Labute approximate surface area is 118 Å². The van der Waals surface area contributed by atoms with Crippen LogP contribution in [-0.2, 0) is 11.8 Å². The number of aromatic nitrogens is 2. The van der Waals surface area contributed by atoms with E-state index in [4.69, 9.17) is 0 Å². The second kappa shape index (κ2) is 5.64. The molecule has 20 heavy (non-hydrogen) atoms. The Bertz CT molecular complexity index is 524. The molecule has 1 aromatic rings. The smallest absolute Gasteiger partial charge is 0.326 e. The van der Waals surface area contributed by atoms with Crippen LogP contribution in [0.25, 0.3) is 0 Å². The quantitative estimate of drug-likeness (QED) is 0.908. The summed E-state index contributed by atoms with van der Waals surface area (Å²) in [6, 6.07) is -0.721. The Balaban J connectivity index is 2.24. The number of hydrogen-bond acceptors (Lipinski definition) is 3. The van der Waals surface area contributed by atoms with Crippen molar-refractivity contribution >= 4 is 11.9 Å². The monoisotopic (exact) mass is 279 g/mol. The van der Waals surface area contributed by atoms with E-state index in [2.05, 4.69) is 12.0 Å². The molecule has 1 amide bonds. The molecule has 1 N–H and O–H groups in total. The van der Waals surface area contributed by atoms with Gasteiger partial charge in [0.2, 0.25) is 0 Å². The van der Waals surface area contributed by atoms with Crippen molar-refractivity contribution in [1.82, 2.24) is 14.7 Å². The summed E-state index contributed by atoms with van der Waals surface area (Å²) >= 11 is 0. The predicted octanol–water partition coefficient (Wildman–Crippen LogP) is 1.44. The second-order valence-corrected chi connectivity index (χ2v) is 5.42. The molecule has 110 valence electrons. The minimum Gasteiger partial charge on any atom is -0.480 e. The molecule has 2 unspecified atom stereocenters. The molecule has 6 heteroatoms. The molecule has 0 aromatic carbocycles. The predicted molar refractivity (Wildman–Crippen MR) is 73.4 cm³/mol. The number of carbonyl (C=O) groups is 2. The van der Waals surface area contributed by atoms with Gasteiger partial charge in [0.25, 0.3) is 5.91 Å². The number of aliphatic carboxylic acids is 1. The van der Waals surface area contributed by atoms with Crippen LogP contribution in [0.1, 0.15) is 42.2 Å². The summed E-state index contributed by atoms with van der Waals surface area (Å²) in [5.74, 6) is -0.759. The summed E-state index contributed by atoms with van der Waals surface area (Å²) < 4.78 is 1.63. The highest BCUT2D eigenvalue weighted by Crippen LogP contribution is 2.27. The SMILES string of the molecule is CCC1CCN(C(=O)c2cnn(C)c2C)C(C(=O)O)C1. The molecule has 0 bridgehead atoms. The molecule has 1 saturated heterocycles. The lowest BCUT2D eigenvalue weighted by Crippen LogP contribution is -2.50. The summed E-state index contributed by atoms with van der Waals surface area (Å²) in [5, 5.41) is 13.4. The molecule has 0 radical (unpaired) electrons. The Morgan fingerprint density at radius 3 is 2.70 bits per heavy atom. The summed E-state index contributed by atoms with van der Waals surface area (Å²) in [5.41, 5.74) is 1.26. The molecule has 1 aromatic heterocycles. The van der Waals surface area contributed by atoms with Crippen molar-refractivity contribution in [3.05, 3.63) is 17.5 Å². The molecular formula is C14H21N3O3. The third kappa shape index (κ3) is 2.55. The number of carboxylic acids is 1. The van der Waals surface area contributed by atoms with Gasteiger partial charge in [-0.15, -0.1) is 0 Å². The van der Waals surface area contributed by atoms with Gasteiger partial charge in [-0.1, -0.05) is 13.3 Å². The third-order valence-electron chi connectivity index (χ3n) is 4.30. The van der Waals surface area contributed by atoms with E-state index in [9.17, 15) is 14.7 Å². The third-order valence-corrected chi connectivity index (χ3v) is 4.30. The van der Waals surface area contributed by atoms with Crippen LogP contribution < -0.4 is 0 Å². The average molecular weight is 279 g/mol. The second-order valence-electron chi connectivity index (χ2n) is 5.42. The van der Waals surface area contributed by atoms with Gasteiger partial charge >= 0.3 is 5.97 Å². The van der Waals surface area contributed by atoms with Crippen molar-refractivity contribution in [3.63, 3.8) is 0 Å². The Morgan fingerprint density at radius 2 is 2.20 bits per heavy atom. The number of piperidine rings is 1. The number of hydrogen-bond donors (Lipinski definition) is 1. The summed E-state index contributed by atoms with van der Waals surface area (Å²) in [6.07, 6.45) is 3.88. The number of aryl methyl sites for hydroxylation is 1. The van der Waals surface area contributed by atoms with Gasteiger partial charge in [0.15, 0.2) is 0 Å². The van der Waals surface area contributed by atoms with Gasteiger partial charge in [-0.25, -0.2) is 4.79 Å². The number of carboxylic acid groups (broad SMARTS) is 1. The Hall–Kier alpha value is -1.85. The number of rotatable bonds is 3. The van der Waals surface area contributed by atoms with Crippen LogP contribution in [-0.4, -0.2) is 44.3 Å². The molecule has 2 heterocycles. The summed E-state index contributed by atoms with van der Waals surface area (Å²) in [4.78, 5) is 25.5. The molecule has 2 atom stereocenters. The largest absolute Gasteiger partial charge is 0.480 e. The molecule has 6 nitrogen and oxygen atoms in total. The van der Waals surface area contributed by atoms with E-state index in [1.54, 1.807) is 11.7 Å². The van der Waals surface area contributed by atoms with Crippen molar-refractivity contribution in [2.75, 3.05) is 6.54 Å². The normalized spacial score (nSPS) is 22.9. The van der Waals surface area contributed by atoms with Crippen LogP contribution in [0.3, 0.4) is 0 Å². The lowest BCUT2D eigenvalue weighted by atomic mass is 9.88.